The number of anilines is 1. The lowest BCUT2D eigenvalue weighted by molar-refractivity contribution is 0.0745. The predicted molar refractivity (Wildman–Crippen MR) is 91.3 cm³/mol. The second-order valence-electron chi connectivity index (χ2n) is 6.51. The lowest BCUT2D eigenvalue weighted by Gasteiger charge is -2.36. The Hall–Kier alpha value is -2.41. The van der Waals surface area contributed by atoms with E-state index in [1.165, 1.54) is 12.1 Å². The normalized spacial score (nSPS) is 20.9. The van der Waals surface area contributed by atoms with Crippen molar-refractivity contribution in [3.63, 3.8) is 0 Å². The Labute approximate surface area is 145 Å². The van der Waals surface area contributed by atoms with Crippen molar-refractivity contribution in [3.8, 4) is 0 Å². The number of amides is 1. The van der Waals surface area contributed by atoms with Crippen LogP contribution in [0.3, 0.4) is 0 Å². The summed E-state index contributed by atoms with van der Waals surface area (Å²) >= 11 is 0. The summed E-state index contributed by atoms with van der Waals surface area (Å²) in [6, 6.07) is 6.49. The molecule has 7 heteroatoms. The van der Waals surface area contributed by atoms with Crippen LogP contribution in [0.1, 0.15) is 28.4 Å². The minimum atomic E-state index is -0.235. The zero-order valence-electron chi connectivity index (χ0n) is 13.9. The van der Waals surface area contributed by atoms with Gasteiger partial charge in [0.25, 0.3) is 5.91 Å². The second-order valence-corrected chi connectivity index (χ2v) is 6.51. The number of hydrogen-bond acceptors (Lipinski definition) is 4. The average molecular weight is 344 g/mol. The van der Waals surface area contributed by atoms with E-state index in [-0.39, 0.29) is 17.6 Å². The highest BCUT2D eigenvalue weighted by atomic mass is 19.1. The number of nitrogens with zero attached hydrogens (tertiary/aromatic N) is 3. The number of carbonyl (C=O) groups excluding carboxylic acids is 1. The first-order valence-electron chi connectivity index (χ1n) is 8.63. The molecule has 2 saturated heterocycles. The predicted octanol–water partition coefficient (Wildman–Crippen LogP) is 2.02. The van der Waals surface area contributed by atoms with Crippen LogP contribution in [0.15, 0.2) is 30.5 Å². The van der Waals surface area contributed by atoms with E-state index in [4.69, 9.17) is 4.74 Å². The molecule has 4 rings (SSSR count). The standard InChI is InChI=1S/C18H21FN4O2/c19-14-1-3-15(4-2-14)22-6-8-23(9-7-22)18(24)16-11-20-21-17(16)13-5-10-25-12-13/h1-4,11,13H,5-10,12H2,(H,20,21). The summed E-state index contributed by atoms with van der Waals surface area (Å²) in [7, 11) is 0. The Morgan fingerprint density at radius 1 is 1.20 bits per heavy atom. The number of benzene rings is 1. The van der Waals surface area contributed by atoms with Crippen LogP contribution in [0.5, 0.6) is 0 Å². The van der Waals surface area contributed by atoms with Crippen LogP contribution < -0.4 is 4.90 Å². The van der Waals surface area contributed by atoms with Crippen molar-refractivity contribution < 1.29 is 13.9 Å². The third kappa shape index (κ3) is 3.24. The fraction of sp³-hybridized carbons (Fsp3) is 0.444. The quantitative estimate of drug-likeness (QED) is 0.925. The number of hydrogen-bond donors (Lipinski definition) is 1. The van der Waals surface area contributed by atoms with E-state index in [2.05, 4.69) is 15.1 Å². The van der Waals surface area contributed by atoms with E-state index in [1.807, 2.05) is 4.90 Å². The molecule has 2 aliphatic rings. The Bertz CT molecular complexity index is 732. The van der Waals surface area contributed by atoms with E-state index < -0.39 is 0 Å². The smallest absolute Gasteiger partial charge is 0.257 e. The first-order valence-corrected chi connectivity index (χ1v) is 8.63. The minimum Gasteiger partial charge on any atom is -0.381 e. The number of aromatic nitrogens is 2. The first kappa shape index (κ1) is 16.1. The average Bonchev–Trinajstić information content (AvgIpc) is 3.33. The van der Waals surface area contributed by atoms with Crippen LogP contribution in [-0.2, 0) is 4.74 Å². The lowest BCUT2D eigenvalue weighted by Crippen LogP contribution is -2.49. The minimum absolute atomic E-state index is 0.0226. The number of carbonyl (C=O) groups is 1. The van der Waals surface area contributed by atoms with Gasteiger partial charge in [-0.15, -0.1) is 0 Å². The van der Waals surface area contributed by atoms with Crippen LogP contribution in [0.2, 0.25) is 0 Å². The van der Waals surface area contributed by atoms with E-state index in [0.717, 1.165) is 37.5 Å². The molecule has 0 radical (unpaired) electrons. The number of nitrogens with one attached hydrogen (secondary N) is 1. The van der Waals surface area contributed by atoms with Gasteiger partial charge >= 0.3 is 0 Å². The molecule has 1 atom stereocenters. The molecule has 2 aromatic rings. The van der Waals surface area contributed by atoms with Crippen molar-refractivity contribution in [2.75, 3.05) is 44.3 Å². The van der Waals surface area contributed by atoms with E-state index in [1.54, 1.807) is 18.3 Å². The van der Waals surface area contributed by atoms with Gasteiger partial charge in [-0.1, -0.05) is 0 Å². The molecular formula is C18H21FN4O2. The van der Waals surface area contributed by atoms with Crippen molar-refractivity contribution in [1.29, 1.82) is 0 Å². The summed E-state index contributed by atoms with van der Waals surface area (Å²) in [4.78, 5) is 16.9. The molecule has 0 aliphatic carbocycles. The Balaban J connectivity index is 1.41. The van der Waals surface area contributed by atoms with Crippen LogP contribution in [0.25, 0.3) is 0 Å². The summed E-state index contributed by atoms with van der Waals surface area (Å²) in [6.45, 7) is 4.12. The fourth-order valence-corrected chi connectivity index (χ4v) is 3.53. The highest BCUT2D eigenvalue weighted by Crippen LogP contribution is 2.27. The van der Waals surface area contributed by atoms with Gasteiger partial charge in [-0.3, -0.25) is 9.89 Å². The van der Waals surface area contributed by atoms with E-state index in [9.17, 15) is 9.18 Å². The second kappa shape index (κ2) is 6.84. The molecular weight excluding hydrogens is 323 g/mol. The summed E-state index contributed by atoms with van der Waals surface area (Å²) in [5.41, 5.74) is 2.54. The number of aromatic amines is 1. The van der Waals surface area contributed by atoms with Gasteiger partial charge in [0.15, 0.2) is 0 Å². The van der Waals surface area contributed by atoms with Crippen molar-refractivity contribution in [2.45, 2.75) is 12.3 Å². The molecule has 1 aromatic heterocycles. The number of ether oxygens (including phenoxy) is 1. The van der Waals surface area contributed by atoms with Crippen molar-refractivity contribution in [1.82, 2.24) is 15.1 Å². The lowest BCUT2D eigenvalue weighted by atomic mass is 10.0. The first-order chi connectivity index (χ1) is 12.2. The van der Waals surface area contributed by atoms with Crippen molar-refractivity contribution in [2.24, 2.45) is 0 Å². The third-order valence-electron chi connectivity index (χ3n) is 5.00. The van der Waals surface area contributed by atoms with Gasteiger partial charge in [-0.2, -0.15) is 5.10 Å². The Morgan fingerprint density at radius 3 is 2.64 bits per heavy atom. The van der Waals surface area contributed by atoms with Gasteiger partial charge in [0.05, 0.1) is 24.1 Å². The number of piperazine rings is 1. The van der Waals surface area contributed by atoms with Gasteiger partial charge in [0.1, 0.15) is 5.82 Å². The molecule has 1 unspecified atom stereocenters. The molecule has 2 fully saturated rings. The highest BCUT2D eigenvalue weighted by Gasteiger charge is 2.29. The van der Waals surface area contributed by atoms with Gasteiger partial charge in [-0.05, 0) is 30.7 Å². The molecule has 1 N–H and O–H groups in total. The summed E-state index contributed by atoms with van der Waals surface area (Å²) < 4.78 is 18.5. The SMILES string of the molecule is O=C(c1cn[nH]c1C1CCOC1)N1CCN(c2ccc(F)cc2)CC1. The summed E-state index contributed by atoms with van der Waals surface area (Å²) in [6.07, 6.45) is 2.54. The zero-order chi connectivity index (χ0) is 17.2. The topological polar surface area (TPSA) is 61.5 Å². The molecule has 1 amide bonds. The van der Waals surface area contributed by atoms with Gasteiger partial charge in [0.2, 0.25) is 0 Å². The van der Waals surface area contributed by atoms with Crippen LogP contribution in [0, 0.1) is 5.82 Å². The van der Waals surface area contributed by atoms with Gasteiger partial charge in [0, 0.05) is 44.4 Å². The Kier molecular flexibility index (Phi) is 4.40. The number of halogens is 1. The number of H-pyrrole nitrogens is 1. The molecule has 0 bridgehead atoms. The van der Waals surface area contributed by atoms with Crippen LogP contribution >= 0.6 is 0 Å². The maximum Gasteiger partial charge on any atom is 0.257 e. The van der Waals surface area contributed by atoms with Crippen molar-refractivity contribution in [3.05, 3.63) is 47.5 Å². The molecule has 6 nitrogen and oxygen atoms in total. The highest BCUT2D eigenvalue weighted by molar-refractivity contribution is 5.95. The summed E-state index contributed by atoms with van der Waals surface area (Å²) in [5, 5.41) is 7.06. The monoisotopic (exact) mass is 344 g/mol. The molecule has 0 spiro atoms. The van der Waals surface area contributed by atoms with Gasteiger partial charge in [-0.25, -0.2) is 4.39 Å². The molecule has 2 aliphatic heterocycles. The molecule has 3 heterocycles. The molecule has 1 aromatic carbocycles. The fourth-order valence-electron chi connectivity index (χ4n) is 3.53. The molecule has 25 heavy (non-hydrogen) atoms. The van der Waals surface area contributed by atoms with Crippen molar-refractivity contribution >= 4 is 11.6 Å². The third-order valence-corrected chi connectivity index (χ3v) is 5.00. The molecule has 0 saturated carbocycles. The molecule has 132 valence electrons. The number of rotatable bonds is 3. The maximum absolute atomic E-state index is 13.1. The maximum atomic E-state index is 13.1. The van der Waals surface area contributed by atoms with Crippen LogP contribution in [-0.4, -0.2) is 60.4 Å². The summed E-state index contributed by atoms with van der Waals surface area (Å²) in [5.74, 6) is 0.0114. The van der Waals surface area contributed by atoms with E-state index in [0.29, 0.717) is 25.3 Å². The van der Waals surface area contributed by atoms with E-state index >= 15 is 0 Å². The zero-order valence-corrected chi connectivity index (χ0v) is 13.9. The Morgan fingerprint density at radius 2 is 1.96 bits per heavy atom. The van der Waals surface area contributed by atoms with Gasteiger partial charge < -0.3 is 14.5 Å². The van der Waals surface area contributed by atoms with Crippen LogP contribution in [0.4, 0.5) is 10.1 Å². The largest absolute Gasteiger partial charge is 0.381 e.